The van der Waals surface area contributed by atoms with Gasteiger partial charge in [0.1, 0.15) is 5.75 Å². The van der Waals surface area contributed by atoms with E-state index in [0.717, 1.165) is 12.8 Å². The monoisotopic (exact) mass is 317 g/mol. The predicted octanol–water partition coefficient (Wildman–Crippen LogP) is 3.84. The summed E-state index contributed by atoms with van der Waals surface area (Å²) in [6.45, 7) is 6.05. The van der Waals surface area contributed by atoms with Crippen molar-refractivity contribution in [1.82, 2.24) is 4.90 Å². The highest BCUT2D eigenvalue weighted by molar-refractivity contribution is 5.94. The van der Waals surface area contributed by atoms with E-state index in [2.05, 4.69) is 0 Å². The summed E-state index contributed by atoms with van der Waals surface area (Å²) >= 11 is 0. The summed E-state index contributed by atoms with van der Waals surface area (Å²) in [6.07, 6.45) is 5.30. The van der Waals surface area contributed by atoms with Crippen molar-refractivity contribution in [2.75, 3.05) is 6.54 Å². The van der Waals surface area contributed by atoms with Crippen LogP contribution in [0.3, 0.4) is 0 Å². The van der Waals surface area contributed by atoms with Crippen molar-refractivity contribution in [1.29, 1.82) is 0 Å². The van der Waals surface area contributed by atoms with Gasteiger partial charge in [0, 0.05) is 18.2 Å². The molecule has 0 radical (unpaired) electrons. The Balaban J connectivity index is 2.03. The van der Waals surface area contributed by atoms with Gasteiger partial charge in [-0.25, -0.2) is 0 Å². The van der Waals surface area contributed by atoms with Crippen LogP contribution in [0.2, 0.25) is 0 Å². The lowest BCUT2D eigenvalue weighted by atomic mass is 9.94. The normalized spacial score (nSPS) is 16.7. The zero-order valence-corrected chi connectivity index (χ0v) is 14.4. The van der Waals surface area contributed by atoms with Crippen molar-refractivity contribution < 1.29 is 14.3 Å². The summed E-state index contributed by atoms with van der Waals surface area (Å²) in [5, 5.41) is 0. The number of hydrogen-bond donors (Lipinski definition) is 0. The summed E-state index contributed by atoms with van der Waals surface area (Å²) in [6, 6.07) is 7.36. The predicted molar refractivity (Wildman–Crippen MR) is 90.8 cm³/mol. The van der Waals surface area contributed by atoms with E-state index in [-0.39, 0.29) is 11.7 Å². The average Bonchev–Trinajstić information content (AvgIpc) is 2.56. The van der Waals surface area contributed by atoms with Gasteiger partial charge in [0.2, 0.25) is 0 Å². The van der Waals surface area contributed by atoms with E-state index in [4.69, 9.17) is 4.74 Å². The van der Waals surface area contributed by atoms with Crippen molar-refractivity contribution >= 4 is 11.7 Å². The molecular formula is C19H27NO3. The third-order valence-electron chi connectivity index (χ3n) is 4.54. The maximum absolute atomic E-state index is 12.7. The molecule has 1 saturated carbocycles. The Morgan fingerprint density at radius 3 is 2.57 bits per heavy atom. The van der Waals surface area contributed by atoms with Gasteiger partial charge in [0.15, 0.2) is 11.9 Å². The minimum Gasteiger partial charge on any atom is -0.481 e. The molecule has 1 atom stereocenters. The maximum atomic E-state index is 12.7. The van der Waals surface area contributed by atoms with Crippen molar-refractivity contribution in [3.63, 3.8) is 0 Å². The van der Waals surface area contributed by atoms with Gasteiger partial charge < -0.3 is 9.64 Å². The minimum absolute atomic E-state index is 0.00757. The van der Waals surface area contributed by atoms with E-state index >= 15 is 0 Å². The summed E-state index contributed by atoms with van der Waals surface area (Å²) in [5.41, 5.74) is 0.599. The molecule has 1 aromatic rings. The molecule has 4 nitrogen and oxygen atoms in total. The van der Waals surface area contributed by atoms with Crippen LogP contribution >= 0.6 is 0 Å². The number of hydrogen-bond acceptors (Lipinski definition) is 3. The van der Waals surface area contributed by atoms with Crippen LogP contribution in [-0.4, -0.2) is 35.3 Å². The van der Waals surface area contributed by atoms with E-state index in [0.29, 0.717) is 23.9 Å². The lowest BCUT2D eigenvalue weighted by Crippen LogP contribution is -2.47. The fourth-order valence-corrected chi connectivity index (χ4v) is 3.26. The minimum atomic E-state index is -0.543. The number of likely N-dealkylation sites (N-methyl/N-ethyl adjacent to an activating group) is 1. The summed E-state index contributed by atoms with van der Waals surface area (Å²) in [4.78, 5) is 26.1. The number of carbonyl (C=O) groups is 2. The molecule has 0 spiro atoms. The molecule has 1 aromatic carbocycles. The van der Waals surface area contributed by atoms with Gasteiger partial charge in [-0.3, -0.25) is 9.59 Å². The van der Waals surface area contributed by atoms with Gasteiger partial charge in [0.05, 0.1) is 0 Å². The molecule has 1 aliphatic rings. The Morgan fingerprint density at radius 2 is 1.96 bits per heavy atom. The maximum Gasteiger partial charge on any atom is 0.263 e. The first-order valence-electron chi connectivity index (χ1n) is 8.61. The lowest BCUT2D eigenvalue weighted by Gasteiger charge is -2.35. The van der Waals surface area contributed by atoms with Gasteiger partial charge in [0.25, 0.3) is 5.91 Å². The van der Waals surface area contributed by atoms with Crippen LogP contribution in [0.1, 0.15) is 63.2 Å². The van der Waals surface area contributed by atoms with E-state index in [1.807, 2.05) is 11.8 Å². The topological polar surface area (TPSA) is 46.6 Å². The summed E-state index contributed by atoms with van der Waals surface area (Å²) in [7, 11) is 0. The second kappa shape index (κ2) is 8.14. The molecule has 1 fully saturated rings. The first kappa shape index (κ1) is 17.5. The van der Waals surface area contributed by atoms with Crippen LogP contribution < -0.4 is 4.74 Å². The molecule has 4 heteroatoms. The first-order chi connectivity index (χ1) is 11.0. The fraction of sp³-hybridized carbons (Fsp3) is 0.579. The average molecular weight is 317 g/mol. The standard InChI is InChI=1S/C19H27NO3/c1-4-20(17-10-6-5-7-11-17)19(22)15(3)23-18-12-8-9-16(13-18)14(2)21/h8-9,12-13,15,17H,4-7,10-11H2,1-3H3. The second-order valence-corrected chi connectivity index (χ2v) is 6.26. The highest BCUT2D eigenvalue weighted by Gasteiger charge is 2.28. The number of carbonyl (C=O) groups excluding carboxylic acids is 2. The highest BCUT2D eigenvalue weighted by Crippen LogP contribution is 2.24. The van der Waals surface area contributed by atoms with Crippen LogP contribution in [-0.2, 0) is 4.79 Å². The van der Waals surface area contributed by atoms with Crippen LogP contribution in [0.5, 0.6) is 5.75 Å². The molecule has 23 heavy (non-hydrogen) atoms. The third-order valence-corrected chi connectivity index (χ3v) is 4.54. The molecule has 0 bridgehead atoms. The van der Waals surface area contributed by atoms with Crippen LogP contribution in [0.25, 0.3) is 0 Å². The Labute approximate surface area is 138 Å². The van der Waals surface area contributed by atoms with Crippen LogP contribution in [0.15, 0.2) is 24.3 Å². The summed E-state index contributed by atoms with van der Waals surface area (Å²) < 4.78 is 5.80. The van der Waals surface area contributed by atoms with Crippen molar-refractivity contribution in [2.45, 2.75) is 65.0 Å². The third kappa shape index (κ3) is 4.57. The van der Waals surface area contributed by atoms with Crippen LogP contribution in [0, 0.1) is 0 Å². The molecule has 0 N–H and O–H groups in total. The molecular weight excluding hydrogens is 290 g/mol. The van der Waals surface area contributed by atoms with Crippen molar-refractivity contribution in [3.05, 3.63) is 29.8 Å². The number of ketones is 1. The molecule has 0 saturated heterocycles. The molecule has 1 unspecified atom stereocenters. The molecule has 0 aromatic heterocycles. The molecule has 0 aliphatic heterocycles. The Morgan fingerprint density at radius 1 is 1.26 bits per heavy atom. The number of rotatable bonds is 6. The van der Waals surface area contributed by atoms with Crippen molar-refractivity contribution in [2.24, 2.45) is 0 Å². The van der Waals surface area contributed by atoms with Gasteiger partial charge in [-0.2, -0.15) is 0 Å². The number of Topliss-reactive ketones (excluding diaryl/α,β-unsaturated/α-hetero) is 1. The smallest absolute Gasteiger partial charge is 0.263 e. The number of benzene rings is 1. The zero-order valence-electron chi connectivity index (χ0n) is 14.4. The number of amides is 1. The lowest BCUT2D eigenvalue weighted by molar-refractivity contribution is -0.140. The van der Waals surface area contributed by atoms with Gasteiger partial charge in [-0.1, -0.05) is 31.4 Å². The van der Waals surface area contributed by atoms with Gasteiger partial charge in [-0.15, -0.1) is 0 Å². The summed E-state index contributed by atoms with van der Waals surface area (Å²) in [5.74, 6) is 0.595. The second-order valence-electron chi connectivity index (χ2n) is 6.26. The zero-order chi connectivity index (χ0) is 16.8. The van der Waals surface area contributed by atoms with E-state index < -0.39 is 6.10 Å². The highest BCUT2D eigenvalue weighted by atomic mass is 16.5. The molecule has 126 valence electrons. The molecule has 2 rings (SSSR count). The molecule has 0 heterocycles. The van der Waals surface area contributed by atoms with Gasteiger partial charge in [-0.05, 0) is 45.7 Å². The number of nitrogens with zero attached hydrogens (tertiary/aromatic N) is 1. The quantitative estimate of drug-likeness (QED) is 0.749. The van der Waals surface area contributed by atoms with E-state index in [9.17, 15) is 9.59 Å². The van der Waals surface area contributed by atoms with E-state index in [1.165, 1.54) is 26.2 Å². The van der Waals surface area contributed by atoms with Crippen molar-refractivity contribution in [3.8, 4) is 5.75 Å². The number of ether oxygens (including phenoxy) is 1. The first-order valence-corrected chi connectivity index (χ1v) is 8.61. The fourth-order valence-electron chi connectivity index (χ4n) is 3.26. The largest absolute Gasteiger partial charge is 0.481 e. The van der Waals surface area contributed by atoms with Gasteiger partial charge >= 0.3 is 0 Å². The molecule has 1 aliphatic carbocycles. The molecule has 1 amide bonds. The Bertz CT molecular complexity index is 549. The SMILES string of the molecule is CCN(C(=O)C(C)Oc1cccc(C(C)=O)c1)C1CCCCC1. The van der Waals surface area contributed by atoms with E-state index in [1.54, 1.807) is 31.2 Å². The van der Waals surface area contributed by atoms with Crippen LogP contribution in [0.4, 0.5) is 0 Å². The Hall–Kier alpha value is -1.84. The Kier molecular flexibility index (Phi) is 6.20.